The van der Waals surface area contributed by atoms with Gasteiger partial charge in [0.25, 0.3) is 5.91 Å². The summed E-state index contributed by atoms with van der Waals surface area (Å²) in [7, 11) is 3.99. The molecule has 4 aliphatic carbocycles. The third-order valence-electron chi connectivity index (χ3n) is 8.24. The van der Waals surface area contributed by atoms with Gasteiger partial charge in [0.05, 0.1) is 0 Å². The molecule has 4 saturated carbocycles. The predicted octanol–water partition coefficient (Wildman–Crippen LogP) is 3.64. The summed E-state index contributed by atoms with van der Waals surface area (Å²) in [6, 6.07) is 7.78. The van der Waals surface area contributed by atoms with Crippen LogP contribution in [0.5, 0.6) is 0 Å². The van der Waals surface area contributed by atoms with Crippen LogP contribution >= 0.6 is 0 Å². The van der Waals surface area contributed by atoms with E-state index in [1.54, 1.807) is 0 Å². The first-order chi connectivity index (χ1) is 14.4. The minimum Gasteiger partial charge on any atom is -0.378 e. The molecular formula is C25H35N3O2. The molecule has 30 heavy (non-hydrogen) atoms. The van der Waals surface area contributed by atoms with Gasteiger partial charge in [0.15, 0.2) is 0 Å². The molecule has 1 heterocycles. The van der Waals surface area contributed by atoms with Crippen molar-refractivity contribution in [2.45, 2.75) is 44.9 Å². The lowest BCUT2D eigenvalue weighted by molar-refractivity contribution is -0.141. The Balaban J connectivity index is 1.16. The predicted molar refractivity (Wildman–Crippen MR) is 118 cm³/mol. The highest BCUT2D eigenvalue weighted by Gasteiger charge is 2.51. The van der Waals surface area contributed by atoms with E-state index in [-0.39, 0.29) is 5.91 Å². The van der Waals surface area contributed by atoms with Gasteiger partial charge in [-0.2, -0.15) is 0 Å². The fraction of sp³-hybridized carbons (Fsp3) is 0.680. The van der Waals surface area contributed by atoms with Crippen molar-refractivity contribution < 1.29 is 9.59 Å². The van der Waals surface area contributed by atoms with E-state index in [0.717, 1.165) is 35.4 Å². The zero-order chi connectivity index (χ0) is 20.9. The summed E-state index contributed by atoms with van der Waals surface area (Å²) in [5, 5.41) is 0. The molecule has 0 N–H and O–H groups in total. The lowest BCUT2D eigenvalue weighted by Crippen LogP contribution is -2.53. The Morgan fingerprint density at radius 2 is 1.37 bits per heavy atom. The summed E-state index contributed by atoms with van der Waals surface area (Å²) in [6.07, 6.45) is 8.86. The van der Waals surface area contributed by atoms with Crippen LogP contribution in [0.3, 0.4) is 0 Å². The van der Waals surface area contributed by atoms with Crippen molar-refractivity contribution in [3.63, 3.8) is 0 Å². The number of benzene rings is 1. The van der Waals surface area contributed by atoms with Crippen LogP contribution in [0.2, 0.25) is 0 Å². The van der Waals surface area contributed by atoms with E-state index in [2.05, 4.69) is 0 Å². The van der Waals surface area contributed by atoms with E-state index in [0.29, 0.717) is 37.5 Å². The minimum absolute atomic E-state index is 0.0773. The van der Waals surface area contributed by atoms with Crippen LogP contribution in [0.15, 0.2) is 24.3 Å². The lowest BCUT2D eigenvalue weighted by atomic mass is 9.49. The van der Waals surface area contributed by atoms with Gasteiger partial charge in [-0.3, -0.25) is 9.59 Å². The van der Waals surface area contributed by atoms with E-state index in [1.165, 1.54) is 38.5 Å². The van der Waals surface area contributed by atoms with Crippen LogP contribution in [-0.4, -0.2) is 61.9 Å². The van der Waals surface area contributed by atoms with Crippen molar-refractivity contribution in [3.05, 3.63) is 29.8 Å². The molecule has 5 heteroatoms. The standard InChI is InChI=1S/C25H35N3O2/c1-26(2)22-5-3-21(4-6-22)24(30)28-9-7-27(8-10-28)23(29)17-25-14-18-11-19(15-25)13-20(12-18)16-25/h3-6,18-20H,7-17H2,1-2H3. The number of anilines is 1. The Bertz CT molecular complexity index is 773. The van der Waals surface area contributed by atoms with E-state index in [4.69, 9.17) is 0 Å². The first-order valence-corrected chi connectivity index (χ1v) is 11.8. The zero-order valence-electron chi connectivity index (χ0n) is 18.5. The SMILES string of the molecule is CN(C)c1ccc(C(=O)N2CCN(C(=O)CC34CC5CC(CC(C5)C3)C4)CC2)cc1. The van der Waals surface area contributed by atoms with Gasteiger partial charge in [-0.15, -0.1) is 0 Å². The van der Waals surface area contributed by atoms with E-state index in [9.17, 15) is 9.59 Å². The van der Waals surface area contributed by atoms with Crippen molar-refractivity contribution in [3.8, 4) is 0 Å². The summed E-state index contributed by atoms with van der Waals surface area (Å²) in [4.78, 5) is 32.0. The molecule has 5 aliphatic rings. The molecule has 1 aliphatic heterocycles. The molecule has 0 unspecified atom stereocenters. The highest BCUT2D eigenvalue weighted by Crippen LogP contribution is 2.61. The van der Waals surface area contributed by atoms with Crippen molar-refractivity contribution in [1.29, 1.82) is 0 Å². The quantitative estimate of drug-likeness (QED) is 0.763. The largest absolute Gasteiger partial charge is 0.378 e. The fourth-order valence-corrected chi connectivity index (χ4v) is 7.18. The number of hydrogen-bond donors (Lipinski definition) is 0. The topological polar surface area (TPSA) is 43.9 Å². The molecule has 1 aromatic rings. The average Bonchev–Trinajstić information content (AvgIpc) is 2.72. The first-order valence-electron chi connectivity index (χ1n) is 11.8. The third kappa shape index (κ3) is 3.72. The Morgan fingerprint density at radius 1 is 0.867 bits per heavy atom. The molecule has 0 aromatic heterocycles. The van der Waals surface area contributed by atoms with Gasteiger partial charge in [0.1, 0.15) is 0 Å². The molecular weight excluding hydrogens is 374 g/mol. The van der Waals surface area contributed by atoms with Crippen molar-refractivity contribution in [1.82, 2.24) is 9.80 Å². The maximum atomic E-state index is 13.1. The minimum atomic E-state index is 0.0773. The van der Waals surface area contributed by atoms with Gasteiger partial charge in [-0.05, 0) is 86.0 Å². The van der Waals surface area contributed by atoms with Crippen LogP contribution in [0.25, 0.3) is 0 Å². The maximum Gasteiger partial charge on any atom is 0.253 e. The molecule has 162 valence electrons. The number of rotatable bonds is 4. The molecule has 6 rings (SSSR count). The molecule has 5 fully saturated rings. The second-order valence-corrected chi connectivity index (χ2v) is 10.7. The van der Waals surface area contributed by atoms with E-state index in [1.807, 2.05) is 53.1 Å². The van der Waals surface area contributed by atoms with Gasteiger partial charge < -0.3 is 14.7 Å². The van der Waals surface area contributed by atoms with Gasteiger partial charge in [-0.25, -0.2) is 0 Å². The van der Waals surface area contributed by atoms with Gasteiger partial charge in [-0.1, -0.05) is 0 Å². The molecule has 1 aromatic carbocycles. The highest BCUT2D eigenvalue weighted by atomic mass is 16.2. The third-order valence-corrected chi connectivity index (χ3v) is 8.24. The van der Waals surface area contributed by atoms with Crippen molar-refractivity contribution in [2.75, 3.05) is 45.2 Å². The van der Waals surface area contributed by atoms with Gasteiger partial charge >= 0.3 is 0 Å². The summed E-state index contributed by atoms with van der Waals surface area (Å²) in [5.41, 5.74) is 2.12. The molecule has 4 bridgehead atoms. The summed E-state index contributed by atoms with van der Waals surface area (Å²) in [6.45, 7) is 2.63. The van der Waals surface area contributed by atoms with Gasteiger partial charge in [0.2, 0.25) is 5.91 Å². The van der Waals surface area contributed by atoms with Crippen LogP contribution < -0.4 is 4.90 Å². The number of carbonyl (C=O) groups excluding carboxylic acids is 2. The summed E-state index contributed by atoms with van der Waals surface area (Å²) < 4.78 is 0. The van der Waals surface area contributed by atoms with Crippen LogP contribution in [0, 0.1) is 23.2 Å². The maximum absolute atomic E-state index is 13.1. The molecule has 2 amide bonds. The fourth-order valence-electron chi connectivity index (χ4n) is 7.18. The second-order valence-electron chi connectivity index (χ2n) is 10.7. The molecule has 1 saturated heterocycles. The Kier molecular flexibility index (Phi) is 5.03. The average molecular weight is 410 g/mol. The van der Waals surface area contributed by atoms with Crippen molar-refractivity contribution >= 4 is 17.5 Å². The van der Waals surface area contributed by atoms with E-state index >= 15 is 0 Å². The number of piperazine rings is 1. The molecule has 0 atom stereocenters. The smallest absolute Gasteiger partial charge is 0.253 e. The van der Waals surface area contributed by atoms with Crippen LogP contribution in [0.1, 0.15) is 55.3 Å². The number of hydrogen-bond acceptors (Lipinski definition) is 3. The summed E-state index contributed by atoms with van der Waals surface area (Å²) in [5.74, 6) is 3.07. The van der Waals surface area contributed by atoms with Gasteiger partial charge in [0, 0.05) is 57.9 Å². The van der Waals surface area contributed by atoms with Crippen molar-refractivity contribution in [2.24, 2.45) is 23.2 Å². The zero-order valence-corrected chi connectivity index (χ0v) is 18.5. The highest BCUT2D eigenvalue weighted by molar-refractivity contribution is 5.94. The van der Waals surface area contributed by atoms with Crippen LogP contribution in [0.4, 0.5) is 5.69 Å². The second kappa shape index (κ2) is 7.58. The summed E-state index contributed by atoms with van der Waals surface area (Å²) >= 11 is 0. The van der Waals surface area contributed by atoms with Crippen LogP contribution in [-0.2, 0) is 4.79 Å². The molecule has 0 radical (unpaired) electrons. The molecule has 5 nitrogen and oxygen atoms in total. The number of carbonyl (C=O) groups is 2. The monoisotopic (exact) mass is 409 g/mol. The first kappa shape index (κ1) is 19.9. The molecule has 0 spiro atoms. The Hall–Kier alpha value is -2.04. The Morgan fingerprint density at radius 3 is 1.87 bits per heavy atom. The number of amides is 2. The Labute approximate surface area is 180 Å². The number of nitrogens with zero attached hydrogens (tertiary/aromatic N) is 3. The van der Waals surface area contributed by atoms with E-state index < -0.39 is 0 Å². The normalized spacial score (nSPS) is 32.4. The lowest BCUT2D eigenvalue weighted by Gasteiger charge is -2.57.